The van der Waals surface area contributed by atoms with Gasteiger partial charge >= 0.3 is 0 Å². The minimum atomic E-state index is -0.0181. The van der Waals surface area contributed by atoms with E-state index in [9.17, 15) is 4.79 Å². The normalized spacial score (nSPS) is 14.1. The Kier molecular flexibility index (Phi) is 4.85. The Morgan fingerprint density at radius 1 is 1.08 bits per heavy atom. The number of rotatable bonds is 4. The van der Waals surface area contributed by atoms with Gasteiger partial charge in [-0.25, -0.2) is 0 Å². The molecular weight excluding hydrogens is 298 g/mol. The second-order valence-electron chi connectivity index (χ2n) is 6.10. The quantitative estimate of drug-likeness (QED) is 0.924. The zero-order valence-corrected chi connectivity index (χ0v) is 14.2. The number of anilines is 3. The van der Waals surface area contributed by atoms with Crippen LogP contribution < -0.4 is 10.2 Å². The summed E-state index contributed by atoms with van der Waals surface area (Å²) < 4.78 is 0. The van der Waals surface area contributed by atoms with E-state index in [2.05, 4.69) is 27.2 Å². The van der Waals surface area contributed by atoms with Gasteiger partial charge in [0.2, 0.25) is 0 Å². The van der Waals surface area contributed by atoms with Gasteiger partial charge in [0.05, 0.1) is 11.4 Å². The van der Waals surface area contributed by atoms with Gasteiger partial charge < -0.3 is 15.1 Å². The molecule has 24 heavy (non-hydrogen) atoms. The van der Waals surface area contributed by atoms with E-state index < -0.39 is 0 Å². The summed E-state index contributed by atoms with van der Waals surface area (Å²) in [5, 5.41) is 3.08. The molecule has 1 heterocycles. The Balaban J connectivity index is 1.83. The molecule has 1 amide bonds. The molecule has 124 valence electrons. The molecule has 0 aliphatic carbocycles. The van der Waals surface area contributed by atoms with Gasteiger partial charge in [-0.05, 0) is 37.1 Å². The van der Waals surface area contributed by atoms with Crippen molar-refractivity contribution in [2.45, 2.75) is 12.8 Å². The number of para-hydroxylation sites is 3. The van der Waals surface area contributed by atoms with Gasteiger partial charge in [0.1, 0.15) is 0 Å². The predicted octanol–water partition coefficient (Wildman–Crippen LogP) is 4.00. The van der Waals surface area contributed by atoms with E-state index in [1.807, 2.05) is 62.8 Å². The molecule has 0 saturated heterocycles. The van der Waals surface area contributed by atoms with Crippen LogP contribution in [0.4, 0.5) is 17.1 Å². The highest BCUT2D eigenvalue weighted by molar-refractivity contribution is 6.05. The lowest BCUT2D eigenvalue weighted by molar-refractivity contribution is -0.113. The van der Waals surface area contributed by atoms with E-state index in [0.29, 0.717) is 0 Å². The average molecular weight is 321 g/mol. The summed E-state index contributed by atoms with van der Waals surface area (Å²) in [5.74, 6) is -0.0181. The molecule has 1 aliphatic rings. The van der Waals surface area contributed by atoms with Gasteiger partial charge in [-0.15, -0.1) is 0 Å². The smallest absolute Gasteiger partial charge is 0.253 e. The molecule has 2 aromatic carbocycles. The SMILES string of the molecule is CN1C=C(C(=O)Nc2ccccc2N(C)c2ccccc2)CCC1. The summed E-state index contributed by atoms with van der Waals surface area (Å²) in [5.41, 5.74) is 3.71. The molecule has 1 aliphatic heterocycles. The van der Waals surface area contributed by atoms with E-state index in [-0.39, 0.29) is 5.91 Å². The third kappa shape index (κ3) is 3.59. The van der Waals surface area contributed by atoms with Crippen LogP contribution in [0, 0.1) is 0 Å². The van der Waals surface area contributed by atoms with Crippen molar-refractivity contribution in [1.29, 1.82) is 0 Å². The van der Waals surface area contributed by atoms with Crippen molar-refractivity contribution >= 4 is 23.0 Å². The minimum Gasteiger partial charge on any atom is -0.380 e. The average Bonchev–Trinajstić information content (AvgIpc) is 2.62. The van der Waals surface area contributed by atoms with Crippen LogP contribution in [0.2, 0.25) is 0 Å². The molecule has 0 spiro atoms. The summed E-state index contributed by atoms with van der Waals surface area (Å²) in [7, 11) is 4.01. The number of hydrogen-bond donors (Lipinski definition) is 1. The minimum absolute atomic E-state index is 0.0181. The van der Waals surface area contributed by atoms with Crippen molar-refractivity contribution in [3.63, 3.8) is 0 Å². The first-order chi connectivity index (χ1) is 11.6. The van der Waals surface area contributed by atoms with E-state index in [1.165, 1.54) is 0 Å². The number of hydrogen-bond acceptors (Lipinski definition) is 3. The van der Waals surface area contributed by atoms with Crippen LogP contribution in [0.3, 0.4) is 0 Å². The predicted molar refractivity (Wildman–Crippen MR) is 99.5 cm³/mol. The third-order valence-corrected chi connectivity index (χ3v) is 4.28. The van der Waals surface area contributed by atoms with Crippen LogP contribution in [-0.4, -0.2) is 31.4 Å². The van der Waals surface area contributed by atoms with Crippen molar-refractivity contribution in [1.82, 2.24) is 4.90 Å². The summed E-state index contributed by atoms with van der Waals surface area (Å²) in [6.07, 6.45) is 3.79. The molecule has 4 nitrogen and oxygen atoms in total. The molecule has 0 fully saturated rings. The van der Waals surface area contributed by atoms with Crippen LogP contribution in [0.1, 0.15) is 12.8 Å². The topological polar surface area (TPSA) is 35.6 Å². The number of carbonyl (C=O) groups is 1. The highest BCUT2D eigenvalue weighted by atomic mass is 16.1. The van der Waals surface area contributed by atoms with Crippen molar-refractivity contribution in [3.05, 3.63) is 66.4 Å². The molecular formula is C20H23N3O. The lowest BCUT2D eigenvalue weighted by Gasteiger charge is -2.24. The van der Waals surface area contributed by atoms with Gasteiger partial charge in [-0.1, -0.05) is 30.3 Å². The molecule has 0 radical (unpaired) electrons. The second kappa shape index (κ2) is 7.21. The van der Waals surface area contributed by atoms with Crippen LogP contribution in [0.5, 0.6) is 0 Å². The highest BCUT2D eigenvalue weighted by Crippen LogP contribution is 2.31. The van der Waals surface area contributed by atoms with Crippen molar-refractivity contribution in [2.24, 2.45) is 0 Å². The maximum Gasteiger partial charge on any atom is 0.253 e. The molecule has 4 heteroatoms. The van der Waals surface area contributed by atoms with Gasteiger partial charge in [0.15, 0.2) is 0 Å². The first-order valence-corrected chi connectivity index (χ1v) is 8.25. The Labute approximate surface area is 143 Å². The third-order valence-electron chi connectivity index (χ3n) is 4.28. The molecule has 0 bridgehead atoms. The number of carbonyl (C=O) groups excluding carboxylic acids is 1. The van der Waals surface area contributed by atoms with Crippen LogP contribution in [-0.2, 0) is 4.79 Å². The zero-order chi connectivity index (χ0) is 16.9. The highest BCUT2D eigenvalue weighted by Gasteiger charge is 2.17. The summed E-state index contributed by atoms with van der Waals surface area (Å²) in [4.78, 5) is 16.8. The number of nitrogens with zero attached hydrogens (tertiary/aromatic N) is 2. The zero-order valence-electron chi connectivity index (χ0n) is 14.2. The van der Waals surface area contributed by atoms with Crippen LogP contribution in [0.15, 0.2) is 66.4 Å². The van der Waals surface area contributed by atoms with Gasteiger partial charge in [-0.2, -0.15) is 0 Å². The molecule has 0 unspecified atom stereocenters. The van der Waals surface area contributed by atoms with Crippen molar-refractivity contribution in [3.8, 4) is 0 Å². The Bertz CT molecular complexity index is 740. The molecule has 3 rings (SSSR count). The summed E-state index contributed by atoms with van der Waals surface area (Å²) in [6.45, 7) is 1.00. The van der Waals surface area contributed by atoms with E-state index in [1.54, 1.807) is 0 Å². The lowest BCUT2D eigenvalue weighted by atomic mass is 10.1. The standard InChI is InChI=1S/C20H23N3O/c1-22-14-8-9-16(15-22)20(24)21-18-12-6-7-13-19(18)23(2)17-10-4-3-5-11-17/h3-7,10-13,15H,8-9,14H2,1-2H3,(H,21,24). The fourth-order valence-electron chi connectivity index (χ4n) is 2.95. The van der Waals surface area contributed by atoms with E-state index in [4.69, 9.17) is 0 Å². The largest absolute Gasteiger partial charge is 0.380 e. The first kappa shape index (κ1) is 16.1. The Hall–Kier alpha value is -2.75. The maximum atomic E-state index is 12.6. The summed E-state index contributed by atoms with van der Waals surface area (Å²) >= 11 is 0. The molecule has 2 aromatic rings. The monoisotopic (exact) mass is 321 g/mol. The maximum absolute atomic E-state index is 12.6. The van der Waals surface area contributed by atoms with Crippen molar-refractivity contribution in [2.75, 3.05) is 30.9 Å². The van der Waals surface area contributed by atoms with Crippen LogP contribution in [0.25, 0.3) is 0 Å². The van der Waals surface area contributed by atoms with E-state index in [0.717, 1.165) is 42.0 Å². The van der Waals surface area contributed by atoms with Gasteiger partial charge in [0, 0.05) is 38.1 Å². The molecule has 1 N–H and O–H groups in total. The molecule has 0 atom stereocenters. The lowest BCUT2D eigenvalue weighted by Crippen LogP contribution is -2.24. The Morgan fingerprint density at radius 3 is 2.54 bits per heavy atom. The molecule has 0 saturated carbocycles. The fourth-order valence-corrected chi connectivity index (χ4v) is 2.95. The number of benzene rings is 2. The Morgan fingerprint density at radius 2 is 1.79 bits per heavy atom. The van der Waals surface area contributed by atoms with Gasteiger partial charge in [-0.3, -0.25) is 4.79 Å². The number of nitrogens with one attached hydrogen (secondary N) is 1. The van der Waals surface area contributed by atoms with Crippen molar-refractivity contribution < 1.29 is 4.79 Å². The fraction of sp³-hybridized carbons (Fsp3) is 0.250. The molecule has 0 aromatic heterocycles. The second-order valence-corrected chi connectivity index (χ2v) is 6.10. The summed E-state index contributed by atoms with van der Waals surface area (Å²) in [6, 6.07) is 18.0. The van der Waals surface area contributed by atoms with E-state index >= 15 is 0 Å². The van der Waals surface area contributed by atoms with Crippen LogP contribution >= 0.6 is 0 Å². The number of amides is 1. The first-order valence-electron chi connectivity index (χ1n) is 8.25. The van der Waals surface area contributed by atoms with Gasteiger partial charge in [0.25, 0.3) is 5.91 Å².